The van der Waals surface area contributed by atoms with Crippen molar-refractivity contribution in [3.8, 4) is 11.5 Å². The van der Waals surface area contributed by atoms with Crippen LogP contribution in [0.15, 0.2) is 79.7 Å². The molecule has 2 aliphatic carbocycles. The summed E-state index contributed by atoms with van der Waals surface area (Å²) in [6.45, 7) is 19.3. The monoisotopic (exact) mass is 504 g/mol. The van der Waals surface area contributed by atoms with Crippen LogP contribution in [0.4, 0.5) is 0 Å². The summed E-state index contributed by atoms with van der Waals surface area (Å²) in [5.74, 6) is -2.48. The van der Waals surface area contributed by atoms with Crippen molar-refractivity contribution < 1.29 is 38.1 Å². The standard InChI is InChI=1S/C29H28O8/c1-8-24(30)34-18-11-20-21-12-19(35-29(33)15(4)5)14-23(37-26(32)10-3)28(21)17(7)16(6)27(20)22(13-18)36-25(31)9-2/h8-13,16-17,19H,1-4,14H2,5-7H3. The van der Waals surface area contributed by atoms with Crippen molar-refractivity contribution in [1.82, 2.24) is 0 Å². The van der Waals surface area contributed by atoms with Gasteiger partial charge in [0.1, 0.15) is 23.4 Å². The molecule has 0 amide bonds. The average molecular weight is 505 g/mol. The van der Waals surface area contributed by atoms with Gasteiger partial charge in [-0.25, -0.2) is 19.2 Å². The van der Waals surface area contributed by atoms with Crippen molar-refractivity contribution in [2.24, 2.45) is 5.92 Å². The number of allylic oxidation sites excluding steroid dienone is 2. The highest BCUT2D eigenvalue weighted by Gasteiger charge is 2.40. The van der Waals surface area contributed by atoms with Crippen LogP contribution in [0.2, 0.25) is 0 Å². The summed E-state index contributed by atoms with van der Waals surface area (Å²) in [6.07, 6.45) is 4.14. The number of hydrogen-bond donors (Lipinski definition) is 0. The van der Waals surface area contributed by atoms with Crippen molar-refractivity contribution in [2.75, 3.05) is 0 Å². The van der Waals surface area contributed by atoms with Gasteiger partial charge in [-0.15, -0.1) is 0 Å². The highest BCUT2D eigenvalue weighted by Crippen LogP contribution is 2.53. The SMILES string of the molecule is C=CC(=O)OC1=C2C(=CC(OC(=O)C(=C)C)C1)c1cc(OC(=O)C=C)cc(OC(=O)C=C)c1C(C)C2C. The summed E-state index contributed by atoms with van der Waals surface area (Å²) >= 11 is 0. The van der Waals surface area contributed by atoms with Crippen molar-refractivity contribution in [3.05, 3.63) is 90.8 Å². The molecule has 192 valence electrons. The van der Waals surface area contributed by atoms with E-state index in [1.807, 2.05) is 13.8 Å². The quantitative estimate of drug-likeness (QED) is 0.280. The minimum absolute atomic E-state index is 0.100. The van der Waals surface area contributed by atoms with Crippen LogP contribution >= 0.6 is 0 Å². The molecule has 0 N–H and O–H groups in total. The van der Waals surface area contributed by atoms with Crippen LogP contribution in [0, 0.1) is 5.92 Å². The minimum atomic E-state index is -0.789. The smallest absolute Gasteiger partial charge is 0.335 e. The third-order valence-corrected chi connectivity index (χ3v) is 6.16. The van der Waals surface area contributed by atoms with Gasteiger partial charge in [0, 0.05) is 47.4 Å². The van der Waals surface area contributed by atoms with Gasteiger partial charge in [-0.2, -0.15) is 0 Å². The molecule has 8 nitrogen and oxygen atoms in total. The number of carbonyl (C=O) groups excluding carboxylic acids is 4. The van der Waals surface area contributed by atoms with E-state index in [0.717, 1.165) is 18.2 Å². The van der Waals surface area contributed by atoms with E-state index in [1.54, 1.807) is 12.1 Å². The Kier molecular flexibility index (Phi) is 8.12. The van der Waals surface area contributed by atoms with E-state index in [-0.39, 0.29) is 35.3 Å². The largest absolute Gasteiger partial charge is 0.454 e. The Bertz CT molecular complexity index is 1290. The molecule has 0 bridgehead atoms. The van der Waals surface area contributed by atoms with Crippen molar-refractivity contribution >= 4 is 29.5 Å². The number of hydrogen-bond acceptors (Lipinski definition) is 8. The molecule has 2 aliphatic rings. The van der Waals surface area contributed by atoms with Crippen LogP contribution in [0.3, 0.4) is 0 Å². The first-order chi connectivity index (χ1) is 17.5. The number of carbonyl (C=O) groups is 4. The molecule has 37 heavy (non-hydrogen) atoms. The Hall–Kier alpha value is -4.46. The van der Waals surface area contributed by atoms with Crippen molar-refractivity contribution in [3.63, 3.8) is 0 Å². The molecule has 8 heteroatoms. The highest BCUT2D eigenvalue weighted by molar-refractivity contribution is 5.92. The summed E-state index contributed by atoms with van der Waals surface area (Å²) in [4.78, 5) is 48.6. The summed E-state index contributed by atoms with van der Waals surface area (Å²) in [5, 5.41) is 0. The van der Waals surface area contributed by atoms with Gasteiger partial charge in [0.25, 0.3) is 0 Å². The normalized spacial score (nSPS) is 19.8. The number of benzene rings is 1. The first kappa shape index (κ1) is 27.1. The number of ether oxygens (including phenoxy) is 4. The fraction of sp³-hybridized carbons (Fsp3) is 0.241. The molecule has 0 fully saturated rings. The zero-order chi connectivity index (χ0) is 27.4. The van der Waals surface area contributed by atoms with Gasteiger partial charge in [0.05, 0.1) is 0 Å². The first-order valence-corrected chi connectivity index (χ1v) is 11.5. The molecule has 0 aliphatic heterocycles. The summed E-state index contributed by atoms with van der Waals surface area (Å²) in [6, 6.07) is 3.06. The van der Waals surface area contributed by atoms with Gasteiger partial charge in [-0.05, 0) is 42.0 Å². The zero-order valence-corrected chi connectivity index (χ0v) is 21.0. The maximum atomic E-state index is 12.3. The van der Waals surface area contributed by atoms with Gasteiger partial charge < -0.3 is 18.9 Å². The van der Waals surface area contributed by atoms with Crippen LogP contribution in [0.1, 0.15) is 44.2 Å². The molecule has 0 saturated carbocycles. The van der Waals surface area contributed by atoms with Gasteiger partial charge in [0.15, 0.2) is 0 Å². The number of esters is 4. The predicted molar refractivity (Wildman–Crippen MR) is 136 cm³/mol. The Balaban J connectivity index is 2.29. The Morgan fingerprint density at radius 1 is 0.892 bits per heavy atom. The molecule has 3 unspecified atom stereocenters. The molecule has 3 rings (SSSR count). The second-order valence-corrected chi connectivity index (χ2v) is 8.68. The second kappa shape index (κ2) is 11.1. The van der Waals surface area contributed by atoms with Crippen LogP contribution in [0.5, 0.6) is 11.5 Å². The van der Waals surface area contributed by atoms with E-state index >= 15 is 0 Å². The third-order valence-electron chi connectivity index (χ3n) is 6.16. The average Bonchev–Trinajstić information content (AvgIpc) is 2.86. The molecule has 3 atom stereocenters. The van der Waals surface area contributed by atoms with E-state index in [9.17, 15) is 19.2 Å². The fourth-order valence-corrected chi connectivity index (χ4v) is 4.33. The predicted octanol–water partition coefficient (Wildman–Crippen LogP) is 4.88. The summed E-state index contributed by atoms with van der Waals surface area (Å²) in [5.41, 5.74) is 2.74. The molecule has 0 saturated heterocycles. The second-order valence-electron chi connectivity index (χ2n) is 8.68. The van der Waals surface area contributed by atoms with E-state index in [1.165, 1.54) is 13.0 Å². The molecule has 0 aromatic heterocycles. The molecule has 0 heterocycles. The van der Waals surface area contributed by atoms with E-state index in [0.29, 0.717) is 28.0 Å². The van der Waals surface area contributed by atoms with E-state index in [4.69, 9.17) is 18.9 Å². The number of rotatable bonds is 8. The lowest BCUT2D eigenvalue weighted by Crippen LogP contribution is -2.29. The van der Waals surface area contributed by atoms with Crippen LogP contribution in [-0.2, 0) is 28.7 Å². The Labute approximate surface area is 215 Å². The Morgan fingerprint density at radius 2 is 1.49 bits per heavy atom. The minimum Gasteiger partial charge on any atom is -0.454 e. The van der Waals surface area contributed by atoms with Crippen LogP contribution < -0.4 is 9.47 Å². The maximum absolute atomic E-state index is 12.3. The summed E-state index contributed by atoms with van der Waals surface area (Å²) < 4.78 is 22.1. The maximum Gasteiger partial charge on any atom is 0.335 e. The lowest BCUT2D eigenvalue weighted by atomic mass is 9.68. The molecule has 0 spiro atoms. The lowest BCUT2D eigenvalue weighted by Gasteiger charge is -2.38. The van der Waals surface area contributed by atoms with E-state index in [2.05, 4.69) is 26.3 Å². The van der Waals surface area contributed by atoms with Gasteiger partial charge in [-0.1, -0.05) is 40.2 Å². The molecule has 1 aromatic rings. The number of fused-ring (bicyclic) bond motifs is 3. The lowest BCUT2D eigenvalue weighted by molar-refractivity contribution is -0.142. The Morgan fingerprint density at radius 3 is 2.08 bits per heavy atom. The molecular weight excluding hydrogens is 476 g/mol. The van der Waals surface area contributed by atoms with E-state index < -0.39 is 30.0 Å². The summed E-state index contributed by atoms with van der Waals surface area (Å²) in [7, 11) is 0. The van der Waals surface area contributed by atoms with Gasteiger partial charge in [0.2, 0.25) is 0 Å². The molecule has 0 radical (unpaired) electrons. The topological polar surface area (TPSA) is 105 Å². The van der Waals surface area contributed by atoms with Crippen LogP contribution in [0.25, 0.3) is 5.57 Å². The van der Waals surface area contributed by atoms with Crippen molar-refractivity contribution in [2.45, 2.75) is 39.2 Å². The zero-order valence-electron chi connectivity index (χ0n) is 21.0. The molecular formula is C29H28O8. The highest BCUT2D eigenvalue weighted by atomic mass is 16.6. The molecule has 1 aromatic carbocycles. The van der Waals surface area contributed by atoms with Gasteiger partial charge in [-0.3, -0.25) is 0 Å². The fourth-order valence-electron chi connectivity index (χ4n) is 4.33. The first-order valence-electron chi connectivity index (χ1n) is 11.5. The third kappa shape index (κ3) is 5.69. The van der Waals surface area contributed by atoms with Crippen LogP contribution in [-0.4, -0.2) is 30.0 Å². The van der Waals surface area contributed by atoms with Gasteiger partial charge >= 0.3 is 23.9 Å². The van der Waals surface area contributed by atoms with Crippen molar-refractivity contribution in [1.29, 1.82) is 0 Å².